The summed E-state index contributed by atoms with van der Waals surface area (Å²) < 4.78 is 22.8. The van der Waals surface area contributed by atoms with Crippen LogP contribution < -0.4 is 15.2 Å². The fraction of sp³-hybridized carbons (Fsp3) is 0.333. The van der Waals surface area contributed by atoms with Gasteiger partial charge in [-0.25, -0.2) is 24.3 Å². The lowest BCUT2D eigenvalue weighted by molar-refractivity contribution is 0.229. The van der Waals surface area contributed by atoms with Gasteiger partial charge in [-0.2, -0.15) is 0 Å². The van der Waals surface area contributed by atoms with Gasteiger partial charge in [0.1, 0.15) is 5.82 Å². The Bertz CT molecular complexity index is 1330. The zero-order valence-corrected chi connectivity index (χ0v) is 22.1. The smallest absolute Gasteiger partial charge is 0.248 e. The Labute approximate surface area is 221 Å². The third kappa shape index (κ3) is 7.05. The molecule has 2 aromatic carbocycles. The number of aromatic nitrogens is 4. The summed E-state index contributed by atoms with van der Waals surface area (Å²) >= 11 is 1.23. The number of fused-ring (bicyclic) bond motifs is 1. The number of hydrogen-bond donors (Lipinski definition) is 2. The van der Waals surface area contributed by atoms with E-state index in [0.717, 1.165) is 11.4 Å². The molecule has 0 unspecified atom stereocenters. The topological polar surface area (TPSA) is 102 Å². The second kappa shape index (κ2) is 12.6. The third-order valence-electron chi connectivity index (χ3n) is 6.27. The van der Waals surface area contributed by atoms with Crippen LogP contribution >= 0.6 is 11.9 Å². The number of nitrogens with two attached hydrogens (primary N) is 1. The maximum absolute atomic E-state index is 14.5. The number of anilines is 2. The van der Waals surface area contributed by atoms with Crippen molar-refractivity contribution in [2.75, 3.05) is 31.7 Å². The summed E-state index contributed by atoms with van der Waals surface area (Å²) in [6.45, 7) is 0. The van der Waals surface area contributed by atoms with Gasteiger partial charge < -0.3 is 20.1 Å². The van der Waals surface area contributed by atoms with E-state index in [1.54, 1.807) is 42.9 Å². The molecule has 4 aromatic rings. The summed E-state index contributed by atoms with van der Waals surface area (Å²) in [6, 6.07) is 11.1. The molecule has 0 bridgehead atoms. The van der Waals surface area contributed by atoms with Crippen LogP contribution in [0.25, 0.3) is 22.0 Å². The van der Waals surface area contributed by atoms with E-state index in [1.165, 1.54) is 57.2 Å². The Morgan fingerprint density at radius 1 is 1.03 bits per heavy atom. The summed E-state index contributed by atoms with van der Waals surface area (Å²) in [5, 5.41) is 1.36. The van der Waals surface area contributed by atoms with E-state index >= 15 is 0 Å². The summed E-state index contributed by atoms with van der Waals surface area (Å²) in [5.74, 6) is 0.286. The number of halogens is 1. The highest BCUT2D eigenvalue weighted by Gasteiger charge is 2.14. The number of nitrogens with zero attached hydrogens (tertiary/aromatic N) is 5. The monoisotopic (exact) mass is 521 g/mol. The van der Waals surface area contributed by atoms with Crippen LogP contribution in [0.4, 0.5) is 16.0 Å². The van der Waals surface area contributed by atoms with E-state index in [4.69, 9.17) is 10.5 Å². The first-order valence-electron chi connectivity index (χ1n) is 12.2. The Balaban J connectivity index is 0.000000301. The van der Waals surface area contributed by atoms with E-state index in [0.29, 0.717) is 33.2 Å². The van der Waals surface area contributed by atoms with Gasteiger partial charge in [0.2, 0.25) is 11.8 Å². The fourth-order valence-corrected chi connectivity index (χ4v) is 4.93. The number of nitrogen functional groups attached to an aromatic ring is 1. The van der Waals surface area contributed by atoms with Crippen molar-refractivity contribution < 1.29 is 9.13 Å². The van der Waals surface area contributed by atoms with Crippen molar-refractivity contribution in [3.05, 3.63) is 60.8 Å². The molecule has 1 fully saturated rings. The molecule has 8 nitrogen and oxygen atoms in total. The molecule has 0 spiro atoms. The van der Waals surface area contributed by atoms with Gasteiger partial charge in [0.25, 0.3) is 0 Å². The zero-order valence-electron chi connectivity index (χ0n) is 21.3. The SMILES string of the molecule is CN(C)C1CCCCC1.COc1nccnc1SNc1ccc(F)c(-c2ccc3nc(N)ncc3c2)c1. The lowest BCUT2D eigenvalue weighted by Gasteiger charge is -2.27. The molecule has 1 saturated carbocycles. The molecule has 5 rings (SSSR count). The van der Waals surface area contributed by atoms with Crippen molar-refractivity contribution in [1.29, 1.82) is 0 Å². The van der Waals surface area contributed by atoms with Gasteiger partial charge in [0.05, 0.1) is 12.6 Å². The molecule has 2 heterocycles. The van der Waals surface area contributed by atoms with Crippen molar-refractivity contribution in [1.82, 2.24) is 24.8 Å². The highest BCUT2D eigenvalue weighted by Crippen LogP contribution is 2.31. The van der Waals surface area contributed by atoms with Gasteiger partial charge in [0, 0.05) is 53.2 Å². The van der Waals surface area contributed by atoms with Gasteiger partial charge in [-0.1, -0.05) is 25.3 Å². The molecule has 3 N–H and O–H groups in total. The molecular weight excluding hydrogens is 489 g/mol. The molecule has 0 atom stereocenters. The largest absolute Gasteiger partial charge is 0.479 e. The van der Waals surface area contributed by atoms with Crippen molar-refractivity contribution in [2.24, 2.45) is 0 Å². The highest BCUT2D eigenvalue weighted by atomic mass is 32.2. The molecule has 0 radical (unpaired) electrons. The van der Waals surface area contributed by atoms with Gasteiger partial charge in [0.15, 0.2) is 5.03 Å². The average Bonchev–Trinajstić information content (AvgIpc) is 2.93. The highest BCUT2D eigenvalue weighted by molar-refractivity contribution is 8.00. The summed E-state index contributed by atoms with van der Waals surface area (Å²) in [4.78, 5) is 18.8. The maximum atomic E-state index is 14.5. The minimum atomic E-state index is -0.330. The Morgan fingerprint density at radius 3 is 2.54 bits per heavy atom. The van der Waals surface area contributed by atoms with Crippen molar-refractivity contribution in [3.8, 4) is 17.0 Å². The quantitative estimate of drug-likeness (QED) is 0.304. The first kappa shape index (κ1) is 26.6. The van der Waals surface area contributed by atoms with Gasteiger partial charge in [-0.05, 0) is 62.8 Å². The Kier molecular flexibility index (Phi) is 9.08. The van der Waals surface area contributed by atoms with E-state index in [9.17, 15) is 4.39 Å². The fourth-order valence-electron chi connectivity index (χ4n) is 4.25. The molecular formula is C27H32FN7OS. The molecule has 0 amide bonds. The van der Waals surface area contributed by atoms with Crippen LogP contribution in [0.5, 0.6) is 5.88 Å². The Morgan fingerprint density at radius 2 is 1.81 bits per heavy atom. The second-order valence-corrected chi connectivity index (χ2v) is 9.82. The number of nitrogens with one attached hydrogen (secondary N) is 1. The van der Waals surface area contributed by atoms with Gasteiger partial charge in [-0.3, -0.25) is 0 Å². The Hall–Kier alpha value is -3.50. The van der Waals surface area contributed by atoms with Gasteiger partial charge >= 0.3 is 0 Å². The van der Waals surface area contributed by atoms with E-state index in [-0.39, 0.29) is 11.8 Å². The predicted octanol–water partition coefficient (Wildman–Crippen LogP) is 5.82. The molecule has 0 aliphatic heterocycles. The second-order valence-electron chi connectivity index (χ2n) is 9.03. The van der Waals surface area contributed by atoms with Gasteiger partial charge in [-0.15, -0.1) is 0 Å². The average molecular weight is 522 g/mol. The first-order valence-corrected chi connectivity index (χ1v) is 13.0. The lowest BCUT2D eigenvalue weighted by Crippen LogP contribution is -2.29. The maximum Gasteiger partial charge on any atom is 0.248 e. The number of rotatable bonds is 6. The van der Waals surface area contributed by atoms with E-state index in [1.807, 2.05) is 6.07 Å². The standard InChI is InChI=1S/C19H15FN6OS.C8H17N/c1-27-17-18(23-7-6-22-17)28-26-13-3-4-15(20)14(9-13)11-2-5-16-12(8-11)10-24-19(21)25-16;1-9(2)8-6-4-3-5-7-8/h2-10,26H,1H3,(H2,21,24,25);8H,3-7H2,1-2H3. The molecule has 37 heavy (non-hydrogen) atoms. The summed E-state index contributed by atoms with van der Waals surface area (Å²) in [6.07, 6.45) is 12.0. The molecule has 2 aromatic heterocycles. The van der Waals surface area contributed by atoms with Crippen molar-refractivity contribution in [3.63, 3.8) is 0 Å². The summed E-state index contributed by atoms with van der Waals surface area (Å²) in [7, 11) is 5.91. The van der Waals surface area contributed by atoms with Crippen LogP contribution in [0, 0.1) is 5.82 Å². The number of hydrogen-bond acceptors (Lipinski definition) is 9. The molecule has 0 saturated heterocycles. The van der Waals surface area contributed by atoms with Crippen LogP contribution in [0.1, 0.15) is 32.1 Å². The molecule has 1 aliphatic carbocycles. The zero-order chi connectivity index (χ0) is 26.2. The van der Waals surface area contributed by atoms with Crippen LogP contribution in [0.3, 0.4) is 0 Å². The number of benzene rings is 2. The van der Waals surface area contributed by atoms with Crippen LogP contribution in [0.15, 0.2) is 60.0 Å². The lowest BCUT2D eigenvalue weighted by atomic mass is 9.95. The molecule has 1 aliphatic rings. The van der Waals surface area contributed by atoms with Crippen LogP contribution in [-0.4, -0.2) is 52.1 Å². The van der Waals surface area contributed by atoms with Crippen molar-refractivity contribution in [2.45, 2.75) is 43.2 Å². The molecule has 10 heteroatoms. The summed E-state index contributed by atoms with van der Waals surface area (Å²) in [5.41, 5.74) is 8.19. The molecule has 194 valence electrons. The van der Waals surface area contributed by atoms with E-state index < -0.39 is 0 Å². The van der Waals surface area contributed by atoms with Crippen LogP contribution in [-0.2, 0) is 0 Å². The first-order chi connectivity index (χ1) is 17.9. The number of methoxy groups -OCH3 is 1. The predicted molar refractivity (Wildman–Crippen MR) is 148 cm³/mol. The van der Waals surface area contributed by atoms with Crippen molar-refractivity contribution >= 4 is 34.5 Å². The van der Waals surface area contributed by atoms with Crippen LogP contribution in [0.2, 0.25) is 0 Å². The minimum Gasteiger partial charge on any atom is -0.479 e. The number of ether oxygens (including phenoxy) is 1. The third-order valence-corrected chi connectivity index (χ3v) is 7.08. The minimum absolute atomic E-state index is 0.203. The van der Waals surface area contributed by atoms with E-state index in [2.05, 4.69) is 43.7 Å². The normalized spacial score (nSPS) is 13.8.